The van der Waals surface area contributed by atoms with Crippen molar-refractivity contribution in [1.82, 2.24) is 14.9 Å². The molecule has 2 amide bonds. The number of para-hydroxylation sites is 1. The number of hydrogen-bond donors (Lipinski definition) is 3. The number of ether oxygens (including phenoxy) is 1. The van der Waals surface area contributed by atoms with E-state index < -0.39 is 6.03 Å². The van der Waals surface area contributed by atoms with Crippen LogP contribution in [0.1, 0.15) is 6.92 Å². The average Bonchev–Trinajstić information content (AvgIpc) is 2.67. The molecular weight excluding hydrogens is 264 g/mol. The number of aromatic nitrogens is 2. The number of nitrogens with two attached hydrogens (primary N) is 1. The van der Waals surface area contributed by atoms with Crippen LogP contribution >= 0.6 is 12.2 Å². The Morgan fingerprint density at radius 3 is 3.05 bits per heavy atom. The second-order valence-electron chi connectivity index (χ2n) is 3.96. The molecule has 0 atom stereocenters. The van der Waals surface area contributed by atoms with Crippen LogP contribution in [0.5, 0.6) is 5.75 Å². The van der Waals surface area contributed by atoms with E-state index in [1.54, 1.807) is 0 Å². The third kappa shape index (κ3) is 2.87. The summed E-state index contributed by atoms with van der Waals surface area (Å²) in [6.07, 6.45) is 0. The van der Waals surface area contributed by atoms with Crippen molar-refractivity contribution in [2.24, 2.45) is 5.73 Å². The summed E-state index contributed by atoms with van der Waals surface area (Å²) in [5, 5.41) is 2.54. The molecule has 0 radical (unpaired) electrons. The number of benzene rings is 1. The van der Waals surface area contributed by atoms with Gasteiger partial charge in [-0.25, -0.2) is 4.79 Å². The van der Waals surface area contributed by atoms with Gasteiger partial charge >= 0.3 is 6.03 Å². The molecule has 1 aromatic heterocycles. The first-order chi connectivity index (χ1) is 9.13. The standard InChI is InChI=1S/C12H16N4O2S/c1-2-18-9-5-3-4-8-10(9)15-12(19)16(8)7-6-14-11(13)17/h3-5H,2,6-7H2,1H3,(H,15,19)(H3,13,14,17). The van der Waals surface area contributed by atoms with E-state index in [0.717, 1.165) is 16.8 Å². The minimum atomic E-state index is -0.540. The van der Waals surface area contributed by atoms with Crippen molar-refractivity contribution in [3.63, 3.8) is 0 Å². The molecule has 0 aliphatic carbocycles. The number of carbonyl (C=O) groups is 1. The van der Waals surface area contributed by atoms with Gasteiger partial charge in [-0.15, -0.1) is 0 Å². The number of amides is 2. The Labute approximate surface area is 115 Å². The number of aromatic amines is 1. The second-order valence-corrected chi connectivity index (χ2v) is 4.34. The molecule has 2 rings (SSSR count). The Balaban J connectivity index is 2.34. The number of rotatable bonds is 5. The highest BCUT2D eigenvalue weighted by atomic mass is 32.1. The number of primary amides is 1. The van der Waals surface area contributed by atoms with Crippen LogP contribution in [0, 0.1) is 4.77 Å². The zero-order chi connectivity index (χ0) is 13.8. The van der Waals surface area contributed by atoms with Gasteiger partial charge in [-0.1, -0.05) is 6.07 Å². The van der Waals surface area contributed by atoms with Crippen molar-refractivity contribution >= 4 is 29.3 Å². The monoisotopic (exact) mass is 280 g/mol. The summed E-state index contributed by atoms with van der Waals surface area (Å²) in [6.45, 7) is 3.50. The lowest BCUT2D eigenvalue weighted by atomic mass is 10.3. The van der Waals surface area contributed by atoms with Crippen LogP contribution in [0.15, 0.2) is 18.2 Å². The fraction of sp³-hybridized carbons (Fsp3) is 0.333. The first-order valence-corrected chi connectivity index (χ1v) is 6.42. The maximum atomic E-state index is 10.7. The van der Waals surface area contributed by atoms with Gasteiger partial charge in [0.1, 0.15) is 11.3 Å². The van der Waals surface area contributed by atoms with Gasteiger partial charge in [0.05, 0.1) is 12.1 Å². The van der Waals surface area contributed by atoms with Crippen LogP contribution in [0.3, 0.4) is 0 Å². The van der Waals surface area contributed by atoms with Crippen molar-refractivity contribution < 1.29 is 9.53 Å². The van der Waals surface area contributed by atoms with E-state index in [1.807, 2.05) is 29.7 Å². The van der Waals surface area contributed by atoms with E-state index in [9.17, 15) is 4.79 Å². The predicted molar refractivity (Wildman–Crippen MR) is 75.9 cm³/mol. The number of H-pyrrole nitrogens is 1. The largest absolute Gasteiger partial charge is 0.492 e. The summed E-state index contributed by atoms with van der Waals surface area (Å²) in [7, 11) is 0. The highest BCUT2D eigenvalue weighted by molar-refractivity contribution is 7.71. The van der Waals surface area contributed by atoms with Gasteiger partial charge in [0, 0.05) is 13.1 Å². The zero-order valence-electron chi connectivity index (χ0n) is 10.6. The number of nitrogens with one attached hydrogen (secondary N) is 2. The van der Waals surface area contributed by atoms with E-state index in [2.05, 4.69) is 10.3 Å². The van der Waals surface area contributed by atoms with Crippen LogP contribution in [0.2, 0.25) is 0 Å². The summed E-state index contributed by atoms with van der Waals surface area (Å²) < 4.78 is 8.05. The Kier molecular flexibility index (Phi) is 4.06. The Morgan fingerprint density at radius 1 is 1.58 bits per heavy atom. The minimum absolute atomic E-state index is 0.426. The van der Waals surface area contributed by atoms with E-state index in [0.29, 0.717) is 24.5 Å². The lowest BCUT2D eigenvalue weighted by molar-refractivity contribution is 0.248. The molecule has 0 bridgehead atoms. The molecule has 0 saturated carbocycles. The molecule has 0 unspecified atom stereocenters. The molecule has 0 fully saturated rings. The minimum Gasteiger partial charge on any atom is -0.492 e. The smallest absolute Gasteiger partial charge is 0.312 e. The first kappa shape index (κ1) is 13.4. The number of imidazole rings is 1. The normalized spacial score (nSPS) is 10.6. The van der Waals surface area contributed by atoms with Crippen molar-refractivity contribution in [2.45, 2.75) is 13.5 Å². The molecule has 2 aromatic rings. The molecule has 0 aliphatic rings. The molecule has 1 heterocycles. The number of carbonyl (C=O) groups excluding carboxylic acids is 1. The SMILES string of the molecule is CCOc1cccc2c1[nH]c(=S)n2CCNC(N)=O. The van der Waals surface area contributed by atoms with Crippen LogP contribution in [0.4, 0.5) is 4.79 Å². The summed E-state index contributed by atoms with van der Waals surface area (Å²) in [6, 6.07) is 5.22. The molecule has 0 saturated heterocycles. The molecule has 0 aliphatic heterocycles. The van der Waals surface area contributed by atoms with Crippen molar-refractivity contribution in [1.29, 1.82) is 0 Å². The van der Waals surface area contributed by atoms with Gasteiger partial charge in [0.25, 0.3) is 0 Å². The van der Waals surface area contributed by atoms with Crippen LogP contribution in [-0.4, -0.2) is 28.7 Å². The Hall–Kier alpha value is -2.02. The average molecular weight is 280 g/mol. The Bertz CT molecular complexity index is 647. The Morgan fingerprint density at radius 2 is 2.37 bits per heavy atom. The van der Waals surface area contributed by atoms with Crippen LogP contribution in [-0.2, 0) is 6.54 Å². The van der Waals surface area contributed by atoms with Crippen LogP contribution < -0.4 is 15.8 Å². The van der Waals surface area contributed by atoms with E-state index >= 15 is 0 Å². The van der Waals surface area contributed by atoms with Crippen molar-refractivity contribution in [2.75, 3.05) is 13.2 Å². The molecule has 1 aromatic carbocycles. The van der Waals surface area contributed by atoms with E-state index in [1.165, 1.54) is 0 Å². The number of hydrogen-bond acceptors (Lipinski definition) is 3. The third-order valence-corrected chi connectivity index (χ3v) is 3.03. The highest BCUT2D eigenvalue weighted by Crippen LogP contribution is 2.24. The fourth-order valence-corrected chi connectivity index (χ4v) is 2.23. The van der Waals surface area contributed by atoms with Crippen molar-refractivity contribution in [3.05, 3.63) is 23.0 Å². The second kappa shape index (κ2) is 5.75. The number of fused-ring (bicyclic) bond motifs is 1. The maximum Gasteiger partial charge on any atom is 0.312 e. The first-order valence-electron chi connectivity index (χ1n) is 6.01. The lowest BCUT2D eigenvalue weighted by Crippen LogP contribution is -2.32. The molecule has 6 nitrogen and oxygen atoms in total. The van der Waals surface area contributed by atoms with Crippen molar-refractivity contribution in [3.8, 4) is 5.75 Å². The van der Waals surface area contributed by atoms with Gasteiger partial charge < -0.3 is 25.3 Å². The van der Waals surface area contributed by atoms with Gasteiger partial charge in [-0.3, -0.25) is 0 Å². The van der Waals surface area contributed by atoms with E-state index in [4.69, 9.17) is 22.7 Å². The predicted octanol–water partition coefficient (Wildman–Crippen LogP) is 1.77. The molecule has 19 heavy (non-hydrogen) atoms. The quantitative estimate of drug-likeness (QED) is 0.730. The molecule has 0 spiro atoms. The van der Waals surface area contributed by atoms with Gasteiger partial charge in [0.15, 0.2) is 4.77 Å². The van der Waals surface area contributed by atoms with Gasteiger partial charge in [0.2, 0.25) is 0 Å². The summed E-state index contributed by atoms with van der Waals surface area (Å²) in [5.41, 5.74) is 6.85. The molecule has 7 heteroatoms. The summed E-state index contributed by atoms with van der Waals surface area (Å²) in [4.78, 5) is 13.8. The van der Waals surface area contributed by atoms with Crippen LogP contribution in [0.25, 0.3) is 11.0 Å². The lowest BCUT2D eigenvalue weighted by Gasteiger charge is -2.06. The summed E-state index contributed by atoms with van der Waals surface area (Å²) >= 11 is 5.28. The number of urea groups is 1. The molecule has 102 valence electrons. The topological polar surface area (TPSA) is 85.1 Å². The molecular formula is C12H16N4O2S. The summed E-state index contributed by atoms with van der Waals surface area (Å²) in [5.74, 6) is 0.771. The number of nitrogens with zero attached hydrogens (tertiary/aromatic N) is 1. The zero-order valence-corrected chi connectivity index (χ0v) is 11.4. The fourth-order valence-electron chi connectivity index (χ4n) is 1.94. The third-order valence-electron chi connectivity index (χ3n) is 2.71. The van der Waals surface area contributed by atoms with E-state index in [-0.39, 0.29) is 0 Å². The highest BCUT2D eigenvalue weighted by Gasteiger charge is 2.08. The molecule has 4 N–H and O–H groups in total. The van der Waals surface area contributed by atoms with Gasteiger partial charge in [-0.05, 0) is 31.3 Å². The maximum absolute atomic E-state index is 10.7. The van der Waals surface area contributed by atoms with Gasteiger partial charge in [-0.2, -0.15) is 0 Å².